The van der Waals surface area contributed by atoms with Gasteiger partial charge < -0.3 is 15.4 Å². The van der Waals surface area contributed by atoms with Gasteiger partial charge in [-0.15, -0.1) is 0 Å². The molecule has 1 heterocycles. The van der Waals surface area contributed by atoms with Crippen LogP contribution in [-0.4, -0.2) is 31.1 Å². The Hall–Kier alpha value is -1.30. The van der Waals surface area contributed by atoms with Crippen molar-refractivity contribution in [3.05, 3.63) is 28.2 Å². The molecule has 1 aromatic carbocycles. The van der Waals surface area contributed by atoms with E-state index in [0.717, 1.165) is 19.4 Å². The first-order valence-electron chi connectivity index (χ1n) is 6.68. The lowest BCUT2D eigenvalue weighted by molar-refractivity contribution is -0.127. The van der Waals surface area contributed by atoms with Gasteiger partial charge in [0.1, 0.15) is 6.42 Å². The third kappa shape index (κ3) is 5.19. The van der Waals surface area contributed by atoms with Crippen molar-refractivity contribution in [2.75, 3.05) is 18.5 Å². The molecule has 114 valence electrons. The first kappa shape index (κ1) is 16.1. The molecular weight excluding hydrogens is 315 g/mol. The maximum absolute atomic E-state index is 11.8. The van der Waals surface area contributed by atoms with Crippen molar-refractivity contribution in [3.63, 3.8) is 0 Å². The molecule has 0 bridgehead atoms. The van der Waals surface area contributed by atoms with Gasteiger partial charge in [0.15, 0.2) is 0 Å². The normalized spacial score (nSPS) is 17.5. The molecule has 0 aromatic heterocycles. The summed E-state index contributed by atoms with van der Waals surface area (Å²) >= 11 is 11.8. The van der Waals surface area contributed by atoms with Crippen LogP contribution in [0, 0.1) is 0 Å². The molecule has 1 atom stereocenters. The van der Waals surface area contributed by atoms with Crippen molar-refractivity contribution >= 4 is 40.7 Å². The fourth-order valence-electron chi connectivity index (χ4n) is 2.03. The third-order valence-electron chi connectivity index (χ3n) is 3.07. The zero-order valence-electron chi connectivity index (χ0n) is 11.3. The molecule has 1 aliphatic rings. The van der Waals surface area contributed by atoms with E-state index >= 15 is 0 Å². The van der Waals surface area contributed by atoms with Crippen LogP contribution in [0.5, 0.6) is 0 Å². The Morgan fingerprint density at radius 3 is 2.81 bits per heavy atom. The van der Waals surface area contributed by atoms with Crippen molar-refractivity contribution in [1.82, 2.24) is 5.32 Å². The highest BCUT2D eigenvalue weighted by molar-refractivity contribution is 6.35. The first-order valence-corrected chi connectivity index (χ1v) is 7.43. The number of hydrogen-bond donors (Lipinski definition) is 2. The number of nitrogens with one attached hydrogen (secondary N) is 2. The predicted molar refractivity (Wildman–Crippen MR) is 81.7 cm³/mol. The lowest BCUT2D eigenvalue weighted by Crippen LogP contribution is -2.34. The molecule has 2 N–H and O–H groups in total. The third-order valence-corrected chi connectivity index (χ3v) is 3.64. The summed E-state index contributed by atoms with van der Waals surface area (Å²) in [6, 6.07) is 4.73. The lowest BCUT2D eigenvalue weighted by atomic mass is 10.2. The van der Waals surface area contributed by atoms with Gasteiger partial charge in [0, 0.05) is 18.2 Å². The summed E-state index contributed by atoms with van der Waals surface area (Å²) < 4.78 is 5.39. The van der Waals surface area contributed by atoms with E-state index < -0.39 is 5.91 Å². The number of rotatable bonds is 5. The molecular formula is C14H16Cl2N2O3. The Labute approximate surface area is 132 Å². The Kier molecular flexibility index (Phi) is 5.85. The smallest absolute Gasteiger partial charge is 0.233 e. The summed E-state index contributed by atoms with van der Waals surface area (Å²) in [7, 11) is 0. The van der Waals surface area contributed by atoms with Crippen LogP contribution in [0.25, 0.3) is 0 Å². The van der Waals surface area contributed by atoms with Gasteiger partial charge in [0.25, 0.3) is 0 Å². The van der Waals surface area contributed by atoms with E-state index in [1.165, 1.54) is 6.07 Å². The maximum Gasteiger partial charge on any atom is 0.233 e. The van der Waals surface area contributed by atoms with Gasteiger partial charge in [-0.25, -0.2) is 0 Å². The van der Waals surface area contributed by atoms with E-state index in [2.05, 4.69) is 10.6 Å². The van der Waals surface area contributed by atoms with Crippen LogP contribution in [0.2, 0.25) is 10.0 Å². The maximum atomic E-state index is 11.8. The quantitative estimate of drug-likeness (QED) is 0.815. The van der Waals surface area contributed by atoms with E-state index in [1.54, 1.807) is 12.1 Å². The van der Waals surface area contributed by atoms with E-state index in [-0.39, 0.29) is 18.4 Å². The minimum atomic E-state index is -0.441. The molecule has 7 heteroatoms. The molecule has 0 aliphatic carbocycles. The average Bonchev–Trinajstić information content (AvgIpc) is 2.94. The van der Waals surface area contributed by atoms with E-state index in [4.69, 9.17) is 27.9 Å². The summed E-state index contributed by atoms with van der Waals surface area (Å²) in [4.78, 5) is 23.4. The molecule has 5 nitrogen and oxygen atoms in total. The van der Waals surface area contributed by atoms with Crippen LogP contribution in [-0.2, 0) is 14.3 Å². The summed E-state index contributed by atoms with van der Waals surface area (Å²) in [5.41, 5.74) is 0.390. The van der Waals surface area contributed by atoms with Crippen LogP contribution in [0.3, 0.4) is 0 Å². The molecule has 1 fully saturated rings. The van der Waals surface area contributed by atoms with Gasteiger partial charge in [0.05, 0.1) is 16.8 Å². The standard InChI is InChI=1S/C14H16Cl2N2O3/c15-9-3-4-11(16)12(6-9)18-14(20)7-13(19)17-8-10-2-1-5-21-10/h3-4,6,10H,1-2,5,7-8H2,(H,17,19)(H,18,20). The minimum Gasteiger partial charge on any atom is -0.376 e. The molecule has 0 spiro atoms. The van der Waals surface area contributed by atoms with Crippen LogP contribution < -0.4 is 10.6 Å². The van der Waals surface area contributed by atoms with Gasteiger partial charge in [0.2, 0.25) is 11.8 Å². The Morgan fingerprint density at radius 1 is 1.29 bits per heavy atom. The zero-order valence-corrected chi connectivity index (χ0v) is 12.8. The molecule has 2 amide bonds. The number of hydrogen-bond acceptors (Lipinski definition) is 3. The van der Waals surface area contributed by atoms with Gasteiger partial charge in [-0.1, -0.05) is 23.2 Å². The number of amides is 2. The largest absolute Gasteiger partial charge is 0.376 e. The Bertz CT molecular complexity index is 531. The van der Waals surface area contributed by atoms with Gasteiger partial charge in [-0.2, -0.15) is 0 Å². The minimum absolute atomic E-state index is 0.0550. The second-order valence-electron chi connectivity index (χ2n) is 4.79. The monoisotopic (exact) mass is 330 g/mol. The topological polar surface area (TPSA) is 67.4 Å². The molecule has 1 unspecified atom stereocenters. The number of benzene rings is 1. The van der Waals surface area contributed by atoms with Crippen LogP contribution in [0.4, 0.5) is 5.69 Å². The van der Waals surface area contributed by atoms with Gasteiger partial charge in [-0.05, 0) is 31.0 Å². The molecule has 1 aromatic rings. The predicted octanol–water partition coefficient (Wildman–Crippen LogP) is 2.62. The second-order valence-corrected chi connectivity index (χ2v) is 5.63. The highest BCUT2D eigenvalue weighted by atomic mass is 35.5. The number of carbonyl (C=O) groups excluding carboxylic acids is 2. The van der Waals surface area contributed by atoms with Crippen LogP contribution in [0.1, 0.15) is 19.3 Å². The van der Waals surface area contributed by atoms with E-state index in [9.17, 15) is 9.59 Å². The fourth-order valence-corrected chi connectivity index (χ4v) is 2.37. The number of carbonyl (C=O) groups is 2. The molecule has 2 rings (SSSR count). The number of ether oxygens (including phenoxy) is 1. The number of halogens is 2. The molecule has 1 aliphatic heterocycles. The summed E-state index contributed by atoms with van der Waals surface area (Å²) in [6.45, 7) is 1.17. The van der Waals surface area contributed by atoms with Crippen LogP contribution >= 0.6 is 23.2 Å². The highest BCUT2D eigenvalue weighted by Crippen LogP contribution is 2.25. The molecule has 0 radical (unpaired) electrons. The van der Waals surface area contributed by atoms with Crippen molar-refractivity contribution in [3.8, 4) is 0 Å². The summed E-state index contributed by atoms with van der Waals surface area (Å²) in [5, 5.41) is 6.07. The van der Waals surface area contributed by atoms with E-state index in [0.29, 0.717) is 22.3 Å². The van der Waals surface area contributed by atoms with Gasteiger partial charge in [-0.3, -0.25) is 9.59 Å². The average molecular weight is 331 g/mol. The van der Waals surface area contributed by atoms with Crippen molar-refractivity contribution < 1.29 is 14.3 Å². The SMILES string of the molecule is O=C(CC(=O)Nc1cc(Cl)ccc1Cl)NCC1CCCO1. The first-order chi connectivity index (χ1) is 10.0. The fraction of sp³-hybridized carbons (Fsp3) is 0.429. The molecule has 1 saturated heterocycles. The summed E-state index contributed by atoms with van der Waals surface area (Å²) in [6.07, 6.45) is 1.73. The van der Waals surface area contributed by atoms with Crippen molar-refractivity contribution in [2.24, 2.45) is 0 Å². The summed E-state index contributed by atoms with van der Waals surface area (Å²) in [5.74, 6) is -0.787. The van der Waals surface area contributed by atoms with Crippen molar-refractivity contribution in [2.45, 2.75) is 25.4 Å². The zero-order chi connectivity index (χ0) is 15.2. The molecule has 21 heavy (non-hydrogen) atoms. The van der Waals surface area contributed by atoms with Crippen molar-refractivity contribution in [1.29, 1.82) is 0 Å². The highest BCUT2D eigenvalue weighted by Gasteiger charge is 2.17. The van der Waals surface area contributed by atoms with Gasteiger partial charge >= 0.3 is 0 Å². The Balaban J connectivity index is 1.78. The molecule has 0 saturated carbocycles. The second kappa shape index (κ2) is 7.64. The Morgan fingerprint density at radius 2 is 2.10 bits per heavy atom. The van der Waals surface area contributed by atoms with Crippen LogP contribution in [0.15, 0.2) is 18.2 Å². The van der Waals surface area contributed by atoms with E-state index in [1.807, 2.05) is 0 Å². The number of anilines is 1. The lowest BCUT2D eigenvalue weighted by Gasteiger charge is -2.11.